The summed E-state index contributed by atoms with van der Waals surface area (Å²) in [5, 5.41) is 0. The second-order valence-corrected chi connectivity index (χ2v) is 8.07. The molecule has 2 aromatic carbocycles. The van der Waals surface area contributed by atoms with E-state index in [1.807, 2.05) is 0 Å². The van der Waals surface area contributed by atoms with Gasteiger partial charge in [0.2, 0.25) is 0 Å². The smallest absolute Gasteiger partial charge is 0.0483 e. The molecular weight excluding hydrogens is 332 g/mol. The summed E-state index contributed by atoms with van der Waals surface area (Å²) in [6, 6.07) is 21.8. The molecule has 0 bridgehead atoms. The molecule has 2 saturated heterocycles. The van der Waals surface area contributed by atoms with Crippen LogP contribution in [-0.2, 0) is 17.7 Å². The molecule has 4 rings (SSSR count). The van der Waals surface area contributed by atoms with Gasteiger partial charge in [-0.1, -0.05) is 60.7 Å². The van der Waals surface area contributed by atoms with Crippen molar-refractivity contribution in [2.45, 2.75) is 37.8 Å². The molecule has 0 amide bonds. The summed E-state index contributed by atoms with van der Waals surface area (Å²) in [6.45, 7) is 7.61. The fourth-order valence-electron chi connectivity index (χ4n) is 4.72. The average molecular weight is 365 g/mol. The van der Waals surface area contributed by atoms with Crippen molar-refractivity contribution in [2.24, 2.45) is 0 Å². The Bertz CT molecular complexity index is 674. The Labute approximate surface area is 163 Å². The summed E-state index contributed by atoms with van der Waals surface area (Å²) in [4.78, 5) is 5.40. The molecule has 0 aliphatic carbocycles. The summed E-state index contributed by atoms with van der Waals surface area (Å²) in [6.07, 6.45) is 4.78. The Morgan fingerprint density at radius 2 is 1.33 bits per heavy atom. The topological polar surface area (TPSA) is 15.7 Å². The third-order valence-corrected chi connectivity index (χ3v) is 6.44. The summed E-state index contributed by atoms with van der Waals surface area (Å²) in [5.74, 6) is 0. The van der Waals surface area contributed by atoms with Crippen molar-refractivity contribution in [3.63, 3.8) is 0 Å². The van der Waals surface area contributed by atoms with Gasteiger partial charge in [-0.15, -0.1) is 0 Å². The summed E-state index contributed by atoms with van der Waals surface area (Å²) >= 11 is 0. The Kier molecular flexibility index (Phi) is 6.23. The van der Waals surface area contributed by atoms with E-state index >= 15 is 0 Å². The van der Waals surface area contributed by atoms with E-state index in [2.05, 4.69) is 70.5 Å². The van der Waals surface area contributed by atoms with E-state index in [0.29, 0.717) is 5.54 Å². The quantitative estimate of drug-likeness (QED) is 0.771. The molecule has 0 saturated carbocycles. The van der Waals surface area contributed by atoms with Crippen LogP contribution in [0, 0.1) is 0 Å². The fourth-order valence-corrected chi connectivity index (χ4v) is 4.72. The van der Waals surface area contributed by atoms with Crippen molar-refractivity contribution in [3.05, 3.63) is 71.8 Å². The Hall–Kier alpha value is -1.68. The standard InChI is InChI=1S/C24H32N2O/c1-3-7-22(8-4-1)11-12-24(13-19-27-20-14-24)26-17-15-25(16-18-26)21-23-9-5-2-6-10-23/h1-10H,11-21H2. The van der Waals surface area contributed by atoms with Crippen LogP contribution in [0.3, 0.4) is 0 Å². The van der Waals surface area contributed by atoms with Crippen molar-refractivity contribution in [1.82, 2.24) is 9.80 Å². The molecule has 0 atom stereocenters. The van der Waals surface area contributed by atoms with Crippen LogP contribution < -0.4 is 0 Å². The monoisotopic (exact) mass is 364 g/mol. The minimum Gasteiger partial charge on any atom is -0.381 e. The highest BCUT2D eigenvalue weighted by Crippen LogP contribution is 2.33. The predicted octanol–water partition coefficient (Wildman–Crippen LogP) is 3.99. The van der Waals surface area contributed by atoms with Crippen LogP contribution in [0.15, 0.2) is 60.7 Å². The SMILES string of the molecule is c1ccc(CCC2(N3CCN(Cc4ccccc4)CC3)CCOCC2)cc1. The predicted molar refractivity (Wildman–Crippen MR) is 111 cm³/mol. The van der Waals surface area contributed by atoms with Gasteiger partial charge in [0.15, 0.2) is 0 Å². The molecule has 0 unspecified atom stereocenters. The number of aryl methyl sites for hydroxylation is 1. The van der Waals surface area contributed by atoms with Gasteiger partial charge in [-0.2, -0.15) is 0 Å². The first-order valence-electron chi connectivity index (χ1n) is 10.5. The zero-order valence-electron chi connectivity index (χ0n) is 16.4. The van der Waals surface area contributed by atoms with Crippen molar-refractivity contribution in [3.8, 4) is 0 Å². The van der Waals surface area contributed by atoms with Crippen molar-refractivity contribution < 1.29 is 4.74 Å². The van der Waals surface area contributed by atoms with Gasteiger partial charge in [0.25, 0.3) is 0 Å². The first kappa shape index (κ1) is 18.7. The number of hydrogen-bond acceptors (Lipinski definition) is 3. The molecule has 3 heteroatoms. The van der Waals surface area contributed by atoms with Crippen LogP contribution in [0.25, 0.3) is 0 Å². The van der Waals surface area contributed by atoms with E-state index in [-0.39, 0.29) is 0 Å². The largest absolute Gasteiger partial charge is 0.381 e. The molecule has 0 aromatic heterocycles. The van der Waals surface area contributed by atoms with Gasteiger partial charge < -0.3 is 4.74 Å². The van der Waals surface area contributed by atoms with Gasteiger partial charge in [-0.05, 0) is 36.8 Å². The van der Waals surface area contributed by atoms with Crippen LogP contribution in [0.2, 0.25) is 0 Å². The van der Waals surface area contributed by atoms with E-state index in [1.165, 1.54) is 63.0 Å². The van der Waals surface area contributed by atoms with E-state index in [4.69, 9.17) is 4.74 Å². The first-order chi connectivity index (χ1) is 13.3. The Balaban J connectivity index is 1.36. The van der Waals surface area contributed by atoms with Gasteiger partial charge >= 0.3 is 0 Å². The molecular formula is C24H32N2O. The fraction of sp³-hybridized carbons (Fsp3) is 0.500. The molecule has 27 heavy (non-hydrogen) atoms. The molecule has 2 heterocycles. The third kappa shape index (κ3) is 4.78. The lowest BCUT2D eigenvalue weighted by Crippen LogP contribution is -2.59. The van der Waals surface area contributed by atoms with Crippen LogP contribution in [0.5, 0.6) is 0 Å². The molecule has 0 spiro atoms. The third-order valence-electron chi connectivity index (χ3n) is 6.44. The molecule has 144 valence electrons. The van der Waals surface area contributed by atoms with Crippen molar-refractivity contribution >= 4 is 0 Å². The zero-order chi connectivity index (χ0) is 18.4. The molecule has 2 fully saturated rings. The van der Waals surface area contributed by atoms with Gasteiger partial charge in [-0.25, -0.2) is 0 Å². The number of ether oxygens (including phenoxy) is 1. The second-order valence-electron chi connectivity index (χ2n) is 8.07. The average Bonchev–Trinajstić information content (AvgIpc) is 2.75. The lowest BCUT2D eigenvalue weighted by atomic mass is 9.82. The van der Waals surface area contributed by atoms with E-state index < -0.39 is 0 Å². The maximum absolute atomic E-state index is 5.73. The minimum atomic E-state index is 0.326. The van der Waals surface area contributed by atoms with Crippen molar-refractivity contribution in [2.75, 3.05) is 39.4 Å². The summed E-state index contributed by atoms with van der Waals surface area (Å²) < 4.78 is 5.73. The van der Waals surface area contributed by atoms with Gasteiger partial charge in [0, 0.05) is 51.5 Å². The molecule has 0 N–H and O–H groups in total. The molecule has 0 radical (unpaired) electrons. The molecule has 3 nitrogen and oxygen atoms in total. The van der Waals surface area contributed by atoms with Gasteiger partial charge in [-0.3, -0.25) is 9.80 Å². The second kappa shape index (κ2) is 9.01. The normalized spacial score (nSPS) is 21.2. The van der Waals surface area contributed by atoms with Gasteiger partial charge in [0.1, 0.15) is 0 Å². The Morgan fingerprint density at radius 1 is 0.741 bits per heavy atom. The molecule has 2 aliphatic heterocycles. The lowest BCUT2D eigenvalue weighted by molar-refractivity contribution is -0.0521. The first-order valence-corrected chi connectivity index (χ1v) is 10.5. The van der Waals surface area contributed by atoms with E-state index in [9.17, 15) is 0 Å². The minimum absolute atomic E-state index is 0.326. The molecule has 2 aromatic rings. The van der Waals surface area contributed by atoms with E-state index in [0.717, 1.165) is 19.8 Å². The zero-order valence-corrected chi connectivity index (χ0v) is 16.4. The number of nitrogens with zero attached hydrogens (tertiary/aromatic N) is 2. The Morgan fingerprint density at radius 3 is 1.96 bits per heavy atom. The maximum Gasteiger partial charge on any atom is 0.0483 e. The lowest BCUT2D eigenvalue weighted by Gasteiger charge is -2.50. The van der Waals surface area contributed by atoms with Crippen LogP contribution in [-0.4, -0.2) is 54.7 Å². The van der Waals surface area contributed by atoms with Crippen molar-refractivity contribution in [1.29, 1.82) is 0 Å². The highest BCUT2D eigenvalue weighted by molar-refractivity contribution is 5.16. The number of hydrogen-bond donors (Lipinski definition) is 0. The van der Waals surface area contributed by atoms with Crippen LogP contribution in [0.1, 0.15) is 30.4 Å². The summed E-state index contributed by atoms with van der Waals surface area (Å²) in [5.41, 5.74) is 3.22. The maximum atomic E-state index is 5.73. The highest BCUT2D eigenvalue weighted by Gasteiger charge is 2.39. The molecule has 2 aliphatic rings. The van der Waals surface area contributed by atoms with E-state index in [1.54, 1.807) is 0 Å². The van der Waals surface area contributed by atoms with Crippen LogP contribution >= 0.6 is 0 Å². The number of benzene rings is 2. The van der Waals surface area contributed by atoms with Crippen LogP contribution in [0.4, 0.5) is 0 Å². The number of rotatable bonds is 6. The highest BCUT2D eigenvalue weighted by atomic mass is 16.5. The summed E-state index contributed by atoms with van der Waals surface area (Å²) in [7, 11) is 0. The van der Waals surface area contributed by atoms with Gasteiger partial charge in [0.05, 0.1) is 0 Å². The number of piperazine rings is 1.